The van der Waals surface area contributed by atoms with Gasteiger partial charge in [0.2, 0.25) is 0 Å². The van der Waals surface area contributed by atoms with E-state index in [0.717, 1.165) is 24.8 Å². The van der Waals surface area contributed by atoms with E-state index in [4.69, 9.17) is 4.74 Å². The van der Waals surface area contributed by atoms with Crippen molar-refractivity contribution in [1.29, 1.82) is 0 Å². The molecule has 2 rings (SSSR count). The fourth-order valence-corrected chi connectivity index (χ4v) is 2.92. The zero-order valence-electron chi connectivity index (χ0n) is 17.1. The van der Waals surface area contributed by atoms with Crippen LogP contribution in [0.5, 0.6) is 0 Å². The van der Waals surface area contributed by atoms with Crippen molar-refractivity contribution in [3.05, 3.63) is 74.8 Å². The SMILES string of the molecule is COC(=O)c1cc([N+](=O)[O-])cc(C(O)C(O)CCNC(=O)OCc2ccccc2)c1C. The lowest BCUT2D eigenvalue weighted by atomic mass is 9.93. The van der Waals surface area contributed by atoms with Crippen LogP contribution in [0, 0.1) is 17.0 Å². The Hall–Kier alpha value is -3.50. The van der Waals surface area contributed by atoms with E-state index < -0.39 is 34.9 Å². The van der Waals surface area contributed by atoms with Crippen LogP contribution in [-0.4, -0.2) is 47.0 Å². The molecule has 31 heavy (non-hydrogen) atoms. The maximum atomic E-state index is 11.9. The average Bonchev–Trinajstić information content (AvgIpc) is 2.77. The highest BCUT2D eigenvalue weighted by molar-refractivity contribution is 5.92. The molecule has 0 radical (unpaired) electrons. The van der Waals surface area contributed by atoms with E-state index in [1.54, 1.807) is 12.1 Å². The fourth-order valence-electron chi connectivity index (χ4n) is 2.92. The van der Waals surface area contributed by atoms with Gasteiger partial charge in [0.05, 0.1) is 23.7 Å². The monoisotopic (exact) mass is 432 g/mol. The van der Waals surface area contributed by atoms with Crippen LogP contribution in [0.3, 0.4) is 0 Å². The molecule has 0 aromatic heterocycles. The number of carbonyl (C=O) groups excluding carboxylic acids is 2. The Morgan fingerprint density at radius 3 is 2.48 bits per heavy atom. The molecule has 1 amide bonds. The van der Waals surface area contributed by atoms with Crippen molar-refractivity contribution in [1.82, 2.24) is 5.32 Å². The van der Waals surface area contributed by atoms with Gasteiger partial charge in [0.15, 0.2) is 0 Å². The Balaban J connectivity index is 1.98. The van der Waals surface area contributed by atoms with Gasteiger partial charge in [-0.1, -0.05) is 30.3 Å². The predicted octanol–water partition coefficient (Wildman–Crippen LogP) is 2.40. The van der Waals surface area contributed by atoms with Crippen LogP contribution in [0.1, 0.15) is 39.6 Å². The third kappa shape index (κ3) is 6.49. The number of aliphatic hydroxyl groups is 2. The number of amides is 1. The molecule has 0 heterocycles. The number of non-ortho nitro benzene ring substituents is 1. The predicted molar refractivity (Wildman–Crippen MR) is 109 cm³/mol. The number of benzene rings is 2. The molecule has 10 nitrogen and oxygen atoms in total. The second-order valence-electron chi connectivity index (χ2n) is 6.75. The van der Waals surface area contributed by atoms with Gasteiger partial charge in [-0.3, -0.25) is 10.1 Å². The van der Waals surface area contributed by atoms with Crippen molar-refractivity contribution in [2.24, 2.45) is 0 Å². The van der Waals surface area contributed by atoms with Gasteiger partial charge in [0, 0.05) is 18.7 Å². The van der Waals surface area contributed by atoms with Crippen LogP contribution in [0.15, 0.2) is 42.5 Å². The first-order valence-corrected chi connectivity index (χ1v) is 9.42. The number of ether oxygens (including phenoxy) is 2. The van der Waals surface area contributed by atoms with E-state index >= 15 is 0 Å². The minimum Gasteiger partial charge on any atom is -0.465 e. The zero-order valence-corrected chi connectivity index (χ0v) is 17.1. The van der Waals surface area contributed by atoms with Crippen molar-refractivity contribution in [3.63, 3.8) is 0 Å². The maximum absolute atomic E-state index is 11.9. The van der Waals surface area contributed by atoms with Crippen LogP contribution < -0.4 is 5.32 Å². The minimum atomic E-state index is -1.52. The lowest BCUT2D eigenvalue weighted by molar-refractivity contribution is -0.385. The summed E-state index contributed by atoms with van der Waals surface area (Å²) in [5.41, 5.74) is 0.582. The summed E-state index contributed by atoms with van der Waals surface area (Å²) < 4.78 is 9.68. The summed E-state index contributed by atoms with van der Waals surface area (Å²) in [6.45, 7) is 1.56. The van der Waals surface area contributed by atoms with Crippen molar-refractivity contribution in [2.45, 2.75) is 32.2 Å². The van der Waals surface area contributed by atoms with Gasteiger partial charge in [-0.2, -0.15) is 0 Å². The first-order chi connectivity index (χ1) is 14.7. The number of hydrogen-bond acceptors (Lipinski definition) is 8. The average molecular weight is 432 g/mol. The number of carbonyl (C=O) groups is 2. The highest BCUT2D eigenvalue weighted by Gasteiger charge is 2.26. The Morgan fingerprint density at radius 2 is 1.87 bits per heavy atom. The Bertz CT molecular complexity index is 932. The summed E-state index contributed by atoms with van der Waals surface area (Å²) in [6, 6.07) is 11.2. The van der Waals surface area contributed by atoms with Crippen LogP contribution in [0.2, 0.25) is 0 Å². The summed E-state index contributed by atoms with van der Waals surface area (Å²) in [7, 11) is 1.13. The van der Waals surface area contributed by atoms with Crippen LogP contribution in [0.4, 0.5) is 10.5 Å². The summed E-state index contributed by atoms with van der Waals surface area (Å²) in [6.07, 6.45) is -3.63. The number of nitro benzene ring substituents is 1. The molecule has 0 saturated heterocycles. The van der Waals surface area contributed by atoms with Gasteiger partial charge in [0.1, 0.15) is 12.7 Å². The molecule has 0 spiro atoms. The summed E-state index contributed by atoms with van der Waals surface area (Å²) in [5, 5.41) is 34.4. The van der Waals surface area contributed by atoms with Crippen molar-refractivity contribution in [3.8, 4) is 0 Å². The smallest absolute Gasteiger partial charge is 0.407 e. The third-order valence-electron chi connectivity index (χ3n) is 4.65. The van der Waals surface area contributed by atoms with Crippen molar-refractivity contribution < 1.29 is 34.2 Å². The fraction of sp³-hybridized carbons (Fsp3) is 0.333. The van der Waals surface area contributed by atoms with Gasteiger partial charge in [-0.25, -0.2) is 9.59 Å². The number of nitrogens with one attached hydrogen (secondary N) is 1. The second-order valence-corrected chi connectivity index (χ2v) is 6.75. The molecule has 3 N–H and O–H groups in total. The summed E-state index contributed by atoms with van der Waals surface area (Å²) >= 11 is 0. The number of alkyl carbamates (subject to hydrolysis) is 1. The van der Waals surface area contributed by atoms with E-state index in [9.17, 15) is 29.9 Å². The van der Waals surface area contributed by atoms with E-state index in [0.29, 0.717) is 0 Å². The molecule has 0 aliphatic rings. The molecule has 166 valence electrons. The molecular formula is C21H24N2O8. The molecule has 2 unspecified atom stereocenters. The third-order valence-corrected chi connectivity index (χ3v) is 4.65. The second kappa shape index (κ2) is 11.0. The number of methoxy groups -OCH3 is 1. The van der Waals surface area contributed by atoms with E-state index in [2.05, 4.69) is 10.1 Å². The van der Waals surface area contributed by atoms with Crippen LogP contribution in [0.25, 0.3) is 0 Å². The topological polar surface area (TPSA) is 148 Å². The van der Waals surface area contributed by atoms with Gasteiger partial charge in [-0.15, -0.1) is 0 Å². The van der Waals surface area contributed by atoms with Gasteiger partial charge < -0.3 is 25.0 Å². The maximum Gasteiger partial charge on any atom is 0.407 e. The molecule has 2 atom stereocenters. The summed E-state index contributed by atoms with van der Waals surface area (Å²) in [5.74, 6) is -0.799. The number of nitro groups is 1. The lowest BCUT2D eigenvalue weighted by Gasteiger charge is -2.21. The van der Waals surface area contributed by atoms with Gasteiger partial charge >= 0.3 is 12.1 Å². The van der Waals surface area contributed by atoms with Crippen LogP contribution in [-0.2, 0) is 16.1 Å². The Morgan fingerprint density at radius 1 is 1.19 bits per heavy atom. The first-order valence-electron chi connectivity index (χ1n) is 9.42. The Labute approximate surface area is 178 Å². The largest absolute Gasteiger partial charge is 0.465 e. The molecule has 0 fully saturated rings. The normalized spacial score (nSPS) is 12.5. The number of aliphatic hydroxyl groups excluding tert-OH is 2. The number of esters is 1. The molecule has 10 heteroatoms. The van der Waals surface area contributed by atoms with Gasteiger partial charge in [0.25, 0.3) is 5.69 Å². The highest BCUT2D eigenvalue weighted by Crippen LogP contribution is 2.29. The molecule has 0 bridgehead atoms. The van der Waals surface area contributed by atoms with E-state index in [1.165, 1.54) is 6.92 Å². The van der Waals surface area contributed by atoms with Crippen LogP contribution >= 0.6 is 0 Å². The van der Waals surface area contributed by atoms with E-state index in [1.807, 2.05) is 18.2 Å². The molecule has 0 aliphatic carbocycles. The number of hydrogen-bond donors (Lipinski definition) is 3. The first kappa shape index (κ1) is 23.8. The highest BCUT2D eigenvalue weighted by atomic mass is 16.6. The molecule has 0 saturated carbocycles. The van der Waals surface area contributed by atoms with E-state index in [-0.39, 0.29) is 36.3 Å². The van der Waals surface area contributed by atoms with Crippen molar-refractivity contribution >= 4 is 17.7 Å². The molecule has 2 aromatic carbocycles. The quantitative estimate of drug-likeness (QED) is 0.311. The lowest BCUT2D eigenvalue weighted by Crippen LogP contribution is -2.30. The van der Waals surface area contributed by atoms with Gasteiger partial charge in [-0.05, 0) is 30.0 Å². The zero-order chi connectivity index (χ0) is 23.0. The Kier molecular flexibility index (Phi) is 8.47. The number of nitrogens with zero attached hydrogens (tertiary/aromatic N) is 1. The van der Waals surface area contributed by atoms with Crippen molar-refractivity contribution in [2.75, 3.05) is 13.7 Å². The molecule has 0 aliphatic heterocycles. The number of rotatable bonds is 9. The summed E-state index contributed by atoms with van der Waals surface area (Å²) in [4.78, 5) is 34.1. The molecule has 2 aromatic rings. The standard InChI is InChI=1S/C21H24N2O8/c1-13-16(10-15(23(28)29)11-17(13)20(26)30-2)19(25)18(24)8-9-22-21(27)31-12-14-6-4-3-5-7-14/h3-7,10-11,18-19,24-25H,8-9,12H2,1-2H3,(H,22,27). The molecular weight excluding hydrogens is 408 g/mol. The minimum absolute atomic E-state index is 0.0102.